The Morgan fingerprint density at radius 1 is 0.881 bits per heavy atom. The smallest absolute Gasteiger partial charge is 0.264 e. The van der Waals surface area contributed by atoms with Crippen LogP contribution >= 0.6 is 27.5 Å². The first-order valence-electron chi connectivity index (χ1n) is 13.2. The van der Waals surface area contributed by atoms with Crippen molar-refractivity contribution in [2.45, 2.75) is 30.8 Å². The van der Waals surface area contributed by atoms with Gasteiger partial charge in [-0.25, -0.2) is 8.42 Å². The van der Waals surface area contributed by atoms with E-state index in [2.05, 4.69) is 21.2 Å². The Bertz CT molecular complexity index is 1650. The predicted octanol–water partition coefficient (Wildman–Crippen LogP) is 5.99. The Morgan fingerprint density at radius 2 is 1.52 bits per heavy atom. The first-order valence-corrected chi connectivity index (χ1v) is 15.8. The summed E-state index contributed by atoms with van der Waals surface area (Å²) < 4.78 is 29.9. The quantitative estimate of drug-likeness (QED) is 0.213. The van der Waals surface area contributed by atoms with Gasteiger partial charge in [-0.2, -0.15) is 0 Å². The van der Waals surface area contributed by atoms with Gasteiger partial charge < -0.3 is 10.2 Å². The Hall–Kier alpha value is -3.66. The van der Waals surface area contributed by atoms with Gasteiger partial charge in [-0.05, 0) is 54.4 Å². The van der Waals surface area contributed by atoms with Gasteiger partial charge in [0.15, 0.2) is 0 Å². The molecule has 1 atom stereocenters. The number of aryl methyl sites for hydroxylation is 1. The minimum atomic E-state index is -4.22. The van der Waals surface area contributed by atoms with E-state index in [9.17, 15) is 18.0 Å². The summed E-state index contributed by atoms with van der Waals surface area (Å²) in [7, 11) is -2.70. The molecule has 10 heteroatoms. The molecule has 4 aromatic carbocycles. The second-order valence-corrected chi connectivity index (χ2v) is 12.9. The van der Waals surface area contributed by atoms with Crippen molar-refractivity contribution in [1.29, 1.82) is 0 Å². The maximum absolute atomic E-state index is 14.3. The second kappa shape index (κ2) is 14.0. The number of rotatable bonds is 11. The first kappa shape index (κ1) is 31.3. The number of anilines is 1. The zero-order valence-corrected chi connectivity index (χ0v) is 26.4. The van der Waals surface area contributed by atoms with Crippen molar-refractivity contribution in [2.24, 2.45) is 0 Å². The lowest BCUT2D eigenvalue weighted by molar-refractivity contribution is -0.139. The number of hydrogen-bond acceptors (Lipinski definition) is 4. The van der Waals surface area contributed by atoms with Crippen LogP contribution in [0.4, 0.5) is 5.69 Å². The number of carbonyl (C=O) groups excluding carboxylic acids is 2. The molecule has 2 amide bonds. The lowest BCUT2D eigenvalue weighted by atomic mass is 10.0. The van der Waals surface area contributed by atoms with Crippen LogP contribution in [0.1, 0.15) is 16.7 Å². The molecule has 0 aliphatic rings. The van der Waals surface area contributed by atoms with Crippen molar-refractivity contribution in [1.82, 2.24) is 10.2 Å². The van der Waals surface area contributed by atoms with E-state index in [-0.39, 0.29) is 34.5 Å². The fourth-order valence-electron chi connectivity index (χ4n) is 4.56. The highest BCUT2D eigenvalue weighted by atomic mass is 79.9. The van der Waals surface area contributed by atoms with Crippen molar-refractivity contribution < 1.29 is 18.0 Å². The monoisotopic (exact) mass is 667 g/mol. The van der Waals surface area contributed by atoms with Gasteiger partial charge in [0.25, 0.3) is 10.0 Å². The molecular formula is C32H31BrClN3O4S. The maximum Gasteiger partial charge on any atom is 0.264 e. The van der Waals surface area contributed by atoms with Crippen LogP contribution in [-0.2, 0) is 32.6 Å². The molecule has 42 heavy (non-hydrogen) atoms. The van der Waals surface area contributed by atoms with E-state index in [4.69, 9.17) is 11.6 Å². The van der Waals surface area contributed by atoms with Crippen LogP contribution in [0.5, 0.6) is 0 Å². The number of nitrogens with zero attached hydrogens (tertiary/aromatic N) is 2. The summed E-state index contributed by atoms with van der Waals surface area (Å²) in [5.74, 6) is -0.928. The topological polar surface area (TPSA) is 86.8 Å². The average molecular weight is 669 g/mol. The van der Waals surface area contributed by atoms with E-state index in [1.807, 2.05) is 61.5 Å². The molecule has 0 aliphatic heterocycles. The fourth-order valence-corrected chi connectivity index (χ4v) is 6.72. The summed E-state index contributed by atoms with van der Waals surface area (Å²) in [6, 6.07) is 28.7. The highest BCUT2D eigenvalue weighted by molar-refractivity contribution is 9.10. The average Bonchev–Trinajstić information content (AvgIpc) is 2.98. The molecule has 0 aliphatic carbocycles. The molecule has 1 N–H and O–H groups in total. The fraction of sp³-hybridized carbons (Fsp3) is 0.188. The van der Waals surface area contributed by atoms with Crippen LogP contribution in [0.2, 0.25) is 5.02 Å². The molecular weight excluding hydrogens is 638 g/mol. The Balaban J connectivity index is 1.80. The van der Waals surface area contributed by atoms with E-state index in [1.165, 1.54) is 24.1 Å². The Morgan fingerprint density at radius 3 is 2.17 bits per heavy atom. The maximum atomic E-state index is 14.3. The predicted molar refractivity (Wildman–Crippen MR) is 170 cm³/mol. The number of amides is 2. The summed E-state index contributed by atoms with van der Waals surface area (Å²) in [6.45, 7) is 1.36. The van der Waals surface area contributed by atoms with Crippen molar-refractivity contribution in [3.63, 3.8) is 0 Å². The number of hydrogen-bond donors (Lipinski definition) is 1. The lowest BCUT2D eigenvalue weighted by Crippen LogP contribution is -2.53. The molecule has 0 saturated heterocycles. The Kier molecular flexibility index (Phi) is 10.4. The number of halogens is 2. The molecule has 4 rings (SSSR count). The van der Waals surface area contributed by atoms with Gasteiger partial charge in [0.05, 0.1) is 15.6 Å². The molecule has 218 valence electrons. The molecule has 0 spiro atoms. The van der Waals surface area contributed by atoms with Crippen molar-refractivity contribution in [3.05, 3.63) is 129 Å². The molecule has 0 unspecified atom stereocenters. The molecule has 0 saturated carbocycles. The molecule has 0 heterocycles. The number of benzene rings is 4. The van der Waals surface area contributed by atoms with Gasteiger partial charge in [0, 0.05) is 24.5 Å². The van der Waals surface area contributed by atoms with E-state index in [0.29, 0.717) is 0 Å². The molecule has 0 bridgehead atoms. The highest BCUT2D eigenvalue weighted by Crippen LogP contribution is 2.31. The molecule has 0 aromatic heterocycles. The van der Waals surface area contributed by atoms with Crippen LogP contribution in [0, 0.1) is 6.92 Å². The van der Waals surface area contributed by atoms with E-state index in [1.54, 1.807) is 36.4 Å². The van der Waals surface area contributed by atoms with Gasteiger partial charge in [0.2, 0.25) is 11.8 Å². The second-order valence-electron chi connectivity index (χ2n) is 9.75. The number of carbonyl (C=O) groups is 2. The first-order chi connectivity index (χ1) is 20.1. The van der Waals surface area contributed by atoms with E-state index < -0.39 is 28.5 Å². The van der Waals surface area contributed by atoms with Crippen LogP contribution < -0.4 is 9.62 Å². The third-order valence-electron chi connectivity index (χ3n) is 6.77. The van der Waals surface area contributed by atoms with Gasteiger partial charge in [0.1, 0.15) is 12.6 Å². The standard InChI is InChI=1S/C32H31BrClN3O4S/c1-23-15-17-27(18-16-23)42(40,41)37(29-14-7-6-13-28(29)34)22-31(38)36(21-25-11-8-12-26(33)19-25)30(32(39)35-2)20-24-9-4-3-5-10-24/h3-19,30H,20-22H2,1-2H3,(H,35,39)/t30-/m1/s1. The van der Waals surface area contributed by atoms with Crippen LogP contribution in [0.25, 0.3) is 0 Å². The largest absolute Gasteiger partial charge is 0.357 e. The number of likely N-dealkylation sites (N-methyl/N-ethyl adjacent to an activating group) is 1. The third kappa shape index (κ3) is 7.59. The zero-order chi connectivity index (χ0) is 30.3. The SMILES string of the molecule is CNC(=O)[C@@H](Cc1ccccc1)N(Cc1cccc(Br)c1)C(=O)CN(c1ccccc1Cl)S(=O)(=O)c1ccc(C)cc1. The van der Waals surface area contributed by atoms with Gasteiger partial charge in [-0.1, -0.05) is 99.8 Å². The number of sulfonamides is 1. The summed E-state index contributed by atoms with van der Waals surface area (Å²) in [5, 5.41) is 2.85. The van der Waals surface area contributed by atoms with Crippen LogP contribution in [0.15, 0.2) is 112 Å². The van der Waals surface area contributed by atoms with E-state index in [0.717, 1.165) is 25.5 Å². The summed E-state index contributed by atoms with van der Waals surface area (Å²) >= 11 is 9.96. The summed E-state index contributed by atoms with van der Waals surface area (Å²) in [5.41, 5.74) is 2.68. The minimum absolute atomic E-state index is 0.0199. The molecule has 7 nitrogen and oxygen atoms in total. The summed E-state index contributed by atoms with van der Waals surface area (Å²) in [4.78, 5) is 29.1. The lowest BCUT2D eigenvalue weighted by Gasteiger charge is -2.33. The van der Waals surface area contributed by atoms with Crippen LogP contribution in [-0.4, -0.2) is 44.8 Å². The minimum Gasteiger partial charge on any atom is -0.357 e. The number of nitrogens with one attached hydrogen (secondary N) is 1. The summed E-state index contributed by atoms with van der Waals surface area (Å²) in [6.07, 6.45) is 0.233. The van der Waals surface area contributed by atoms with Gasteiger partial charge >= 0.3 is 0 Å². The molecule has 0 radical (unpaired) electrons. The van der Waals surface area contributed by atoms with Gasteiger partial charge in [-0.15, -0.1) is 0 Å². The van der Waals surface area contributed by atoms with Gasteiger partial charge in [-0.3, -0.25) is 13.9 Å². The molecule has 0 fully saturated rings. The highest BCUT2D eigenvalue weighted by Gasteiger charge is 2.35. The Labute approximate surface area is 260 Å². The number of para-hydroxylation sites is 1. The normalized spacial score (nSPS) is 11.9. The zero-order valence-electron chi connectivity index (χ0n) is 23.2. The van der Waals surface area contributed by atoms with Crippen LogP contribution in [0.3, 0.4) is 0 Å². The van der Waals surface area contributed by atoms with Crippen molar-refractivity contribution in [2.75, 3.05) is 17.9 Å². The van der Waals surface area contributed by atoms with E-state index >= 15 is 0 Å². The molecule has 4 aromatic rings. The van der Waals surface area contributed by atoms with Crippen molar-refractivity contribution in [3.8, 4) is 0 Å². The third-order valence-corrected chi connectivity index (χ3v) is 9.36. The van der Waals surface area contributed by atoms with Crippen molar-refractivity contribution >= 4 is 55.1 Å².